The lowest BCUT2D eigenvalue weighted by atomic mass is 9.79. The fraction of sp³-hybridized carbons (Fsp3) is 0.800. The molecule has 0 bridgehead atoms. The standard InChI is InChI=1S/C15H25N3O/c1-2-14-10-16-15(7-4-3-5-8-15)12-18(14)11-13-6-9-19-17-13/h6,9,14,16H,2-5,7-8,10-12H2,1H3. The van der Waals surface area contributed by atoms with Gasteiger partial charge in [0.2, 0.25) is 0 Å². The van der Waals surface area contributed by atoms with E-state index in [9.17, 15) is 0 Å². The van der Waals surface area contributed by atoms with Gasteiger partial charge in [0.25, 0.3) is 0 Å². The van der Waals surface area contributed by atoms with E-state index >= 15 is 0 Å². The van der Waals surface area contributed by atoms with Crippen molar-refractivity contribution in [2.45, 2.75) is 63.6 Å². The molecule has 1 spiro atoms. The molecule has 1 unspecified atom stereocenters. The van der Waals surface area contributed by atoms with E-state index in [0.29, 0.717) is 11.6 Å². The SMILES string of the molecule is CCC1CNC2(CCCCC2)CN1Cc1ccon1. The van der Waals surface area contributed by atoms with Gasteiger partial charge in [-0.1, -0.05) is 31.3 Å². The molecule has 4 nitrogen and oxygen atoms in total. The molecule has 1 aromatic rings. The lowest BCUT2D eigenvalue weighted by molar-refractivity contribution is 0.0469. The minimum Gasteiger partial charge on any atom is -0.364 e. The van der Waals surface area contributed by atoms with Crippen molar-refractivity contribution < 1.29 is 4.52 Å². The van der Waals surface area contributed by atoms with Crippen molar-refractivity contribution >= 4 is 0 Å². The van der Waals surface area contributed by atoms with Crippen molar-refractivity contribution in [1.82, 2.24) is 15.4 Å². The highest BCUT2D eigenvalue weighted by Gasteiger charge is 2.39. The highest BCUT2D eigenvalue weighted by molar-refractivity contribution is 5.02. The second kappa shape index (κ2) is 5.63. The fourth-order valence-electron chi connectivity index (χ4n) is 3.72. The van der Waals surface area contributed by atoms with Crippen molar-refractivity contribution in [2.24, 2.45) is 0 Å². The summed E-state index contributed by atoms with van der Waals surface area (Å²) >= 11 is 0. The second-order valence-electron chi connectivity index (χ2n) is 6.18. The van der Waals surface area contributed by atoms with E-state index in [2.05, 4.69) is 22.3 Å². The monoisotopic (exact) mass is 263 g/mol. The minimum atomic E-state index is 0.369. The molecule has 1 saturated heterocycles. The van der Waals surface area contributed by atoms with E-state index in [1.54, 1.807) is 6.26 Å². The molecule has 2 heterocycles. The number of nitrogens with zero attached hydrogens (tertiary/aromatic N) is 2. The predicted molar refractivity (Wildman–Crippen MR) is 74.8 cm³/mol. The van der Waals surface area contributed by atoms with E-state index < -0.39 is 0 Å². The molecule has 1 aliphatic carbocycles. The average molecular weight is 263 g/mol. The molecular formula is C15H25N3O. The third-order valence-electron chi connectivity index (χ3n) is 4.87. The molecule has 1 saturated carbocycles. The van der Waals surface area contributed by atoms with E-state index in [-0.39, 0.29) is 0 Å². The Balaban J connectivity index is 1.70. The first-order valence-corrected chi connectivity index (χ1v) is 7.70. The van der Waals surface area contributed by atoms with Crippen LogP contribution in [0.25, 0.3) is 0 Å². The molecule has 4 heteroatoms. The Hall–Kier alpha value is -0.870. The first-order chi connectivity index (χ1) is 9.31. The smallest absolute Gasteiger partial charge is 0.124 e. The first-order valence-electron chi connectivity index (χ1n) is 7.70. The van der Waals surface area contributed by atoms with Crippen LogP contribution in [0.1, 0.15) is 51.1 Å². The molecule has 19 heavy (non-hydrogen) atoms. The number of aromatic nitrogens is 1. The largest absolute Gasteiger partial charge is 0.364 e. The zero-order valence-electron chi connectivity index (χ0n) is 11.9. The molecule has 0 aromatic carbocycles. The molecule has 1 aromatic heterocycles. The van der Waals surface area contributed by atoms with Crippen molar-refractivity contribution in [2.75, 3.05) is 13.1 Å². The average Bonchev–Trinajstić information content (AvgIpc) is 2.93. The number of hydrogen-bond donors (Lipinski definition) is 1. The molecular weight excluding hydrogens is 238 g/mol. The Bertz CT molecular complexity index is 384. The van der Waals surface area contributed by atoms with Crippen molar-refractivity contribution in [3.63, 3.8) is 0 Å². The Morgan fingerprint density at radius 1 is 1.42 bits per heavy atom. The fourth-order valence-corrected chi connectivity index (χ4v) is 3.72. The van der Waals surface area contributed by atoms with Gasteiger partial charge in [-0.3, -0.25) is 4.90 Å². The van der Waals surface area contributed by atoms with Gasteiger partial charge in [-0.15, -0.1) is 0 Å². The predicted octanol–water partition coefficient (Wildman–Crippen LogP) is 2.56. The van der Waals surface area contributed by atoms with Crippen LogP contribution in [0.3, 0.4) is 0 Å². The summed E-state index contributed by atoms with van der Waals surface area (Å²) in [7, 11) is 0. The zero-order chi connectivity index (χ0) is 13.1. The van der Waals surface area contributed by atoms with E-state index in [4.69, 9.17) is 4.52 Å². The molecule has 0 amide bonds. The van der Waals surface area contributed by atoms with Crippen molar-refractivity contribution in [1.29, 1.82) is 0 Å². The van der Waals surface area contributed by atoms with Gasteiger partial charge in [0.05, 0.1) is 5.69 Å². The van der Waals surface area contributed by atoms with Crippen molar-refractivity contribution in [3.8, 4) is 0 Å². The van der Waals surface area contributed by atoms with Crippen LogP contribution in [0.4, 0.5) is 0 Å². The van der Waals surface area contributed by atoms with E-state index in [1.165, 1.54) is 45.1 Å². The topological polar surface area (TPSA) is 41.3 Å². The molecule has 1 atom stereocenters. The molecule has 1 aliphatic heterocycles. The highest BCUT2D eigenvalue weighted by atomic mass is 16.5. The minimum absolute atomic E-state index is 0.369. The number of hydrogen-bond acceptors (Lipinski definition) is 4. The van der Waals surface area contributed by atoms with Crippen LogP contribution in [-0.2, 0) is 6.54 Å². The molecule has 0 radical (unpaired) electrons. The van der Waals surface area contributed by atoms with E-state index in [1.807, 2.05) is 6.07 Å². The Morgan fingerprint density at radius 2 is 2.26 bits per heavy atom. The number of rotatable bonds is 3. The summed E-state index contributed by atoms with van der Waals surface area (Å²) in [5.41, 5.74) is 1.43. The lowest BCUT2D eigenvalue weighted by Gasteiger charge is -2.49. The maximum atomic E-state index is 4.97. The van der Waals surface area contributed by atoms with Gasteiger partial charge in [-0.25, -0.2) is 0 Å². The van der Waals surface area contributed by atoms with Crippen LogP contribution in [0.15, 0.2) is 16.9 Å². The summed E-state index contributed by atoms with van der Waals surface area (Å²) in [6.07, 6.45) is 9.69. The Labute approximate surface area is 115 Å². The normalized spacial score (nSPS) is 27.7. The number of nitrogens with one attached hydrogen (secondary N) is 1. The molecule has 106 valence electrons. The summed E-state index contributed by atoms with van der Waals surface area (Å²) in [5, 5.41) is 7.94. The maximum absolute atomic E-state index is 4.97. The third-order valence-corrected chi connectivity index (χ3v) is 4.87. The van der Waals surface area contributed by atoms with Gasteiger partial charge in [0.15, 0.2) is 0 Å². The number of piperazine rings is 1. The summed E-state index contributed by atoms with van der Waals surface area (Å²) in [5.74, 6) is 0. The Morgan fingerprint density at radius 3 is 2.95 bits per heavy atom. The van der Waals surface area contributed by atoms with Crippen LogP contribution in [0.5, 0.6) is 0 Å². The summed E-state index contributed by atoms with van der Waals surface area (Å²) in [4.78, 5) is 2.61. The Kier molecular flexibility index (Phi) is 3.89. The first kappa shape index (κ1) is 13.1. The lowest BCUT2D eigenvalue weighted by Crippen LogP contribution is -2.64. The van der Waals surface area contributed by atoms with Gasteiger partial charge < -0.3 is 9.84 Å². The second-order valence-corrected chi connectivity index (χ2v) is 6.18. The maximum Gasteiger partial charge on any atom is 0.124 e. The van der Waals surface area contributed by atoms with Crippen LogP contribution in [0, 0.1) is 0 Å². The summed E-state index contributed by atoms with van der Waals surface area (Å²) in [6.45, 7) is 5.49. The van der Waals surface area contributed by atoms with Gasteiger partial charge in [-0.2, -0.15) is 0 Å². The molecule has 2 aliphatic rings. The van der Waals surface area contributed by atoms with Gasteiger partial charge in [0.1, 0.15) is 6.26 Å². The highest BCUT2D eigenvalue weighted by Crippen LogP contribution is 2.32. The van der Waals surface area contributed by atoms with Crippen LogP contribution < -0.4 is 5.32 Å². The van der Waals surface area contributed by atoms with Gasteiger partial charge in [-0.05, 0) is 19.3 Å². The van der Waals surface area contributed by atoms with E-state index in [0.717, 1.165) is 18.8 Å². The van der Waals surface area contributed by atoms with Crippen LogP contribution >= 0.6 is 0 Å². The third kappa shape index (κ3) is 2.84. The molecule has 3 rings (SSSR count). The quantitative estimate of drug-likeness (QED) is 0.910. The van der Waals surface area contributed by atoms with Gasteiger partial charge >= 0.3 is 0 Å². The molecule has 1 N–H and O–H groups in total. The zero-order valence-corrected chi connectivity index (χ0v) is 11.9. The van der Waals surface area contributed by atoms with Crippen LogP contribution in [-0.4, -0.2) is 34.7 Å². The van der Waals surface area contributed by atoms with Gasteiger partial charge in [0, 0.05) is 37.3 Å². The van der Waals surface area contributed by atoms with Crippen LogP contribution in [0.2, 0.25) is 0 Å². The molecule has 2 fully saturated rings. The summed E-state index contributed by atoms with van der Waals surface area (Å²) in [6, 6.07) is 2.62. The van der Waals surface area contributed by atoms with Crippen molar-refractivity contribution in [3.05, 3.63) is 18.0 Å². The summed E-state index contributed by atoms with van der Waals surface area (Å²) < 4.78 is 4.97.